The fourth-order valence-electron chi connectivity index (χ4n) is 12.3. The van der Waals surface area contributed by atoms with Gasteiger partial charge in [-0.15, -0.1) is 11.1 Å². The number of halogens is 4. The zero-order chi connectivity index (χ0) is 63.3. The van der Waals surface area contributed by atoms with Gasteiger partial charge in [-0.1, -0.05) is 124 Å². The van der Waals surface area contributed by atoms with E-state index in [0.717, 1.165) is 20.4 Å². The summed E-state index contributed by atoms with van der Waals surface area (Å²) in [6.07, 6.45) is 21.5. The Hall–Kier alpha value is -1.93. The summed E-state index contributed by atoms with van der Waals surface area (Å²) in [5.74, 6) is 1.70. The third-order valence-electron chi connectivity index (χ3n) is 16.2. The second-order valence-electron chi connectivity index (χ2n) is 24.9. The number of benzene rings is 2. The first-order chi connectivity index (χ1) is 40.7. The predicted octanol–water partition coefficient (Wildman–Crippen LogP) is 8.87. The molecule has 4 aromatic heterocycles. The summed E-state index contributed by atoms with van der Waals surface area (Å²) in [7, 11) is 13.4. The Kier molecular flexibility index (Phi) is 38.4. The third kappa shape index (κ3) is 27.7. The average molecular weight is 1460 g/mol. The van der Waals surface area contributed by atoms with E-state index in [0.29, 0.717) is 51.9 Å². The second-order valence-corrected chi connectivity index (χ2v) is 27.8. The summed E-state index contributed by atoms with van der Waals surface area (Å²) < 4.78 is 17.3. The van der Waals surface area contributed by atoms with Gasteiger partial charge in [0.05, 0.1) is 21.3 Å². The van der Waals surface area contributed by atoms with E-state index in [9.17, 15) is 0 Å². The van der Waals surface area contributed by atoms with Gasteiger partial charge in [0.2, 0.25) is 17.6 Å². The molecule has 0 saturated carbocycles. The van der Waals surface area contributed by atoms with E-state index in [1.54, 1.807) is 21.3 Å². The molecule has 89 heavy (non-hydrogen) atoms. The van der Waals surface area contributed by atoms with Crippen LogP contribution >= 0.6 is 68.4 Å². The summed E-state index contributed by atoms with van der Waals surface area (Å²) in [4.78, 5) is 26.5. The normalized spacial score (nSPS) is 19.9. The molecule has 0 spiro atoms. The van der Waals surface area contributed by atoms with E-state index in [1.807, 2.05) is 36.9 Å². The largest absolute Gasteiger partial charge is 1.00 e. The fraction of sp³-hybridized carbons (Fsp3) is 0.543. The maximum atomic E-state index is 6.21. The van der Waals surface area contributed by atoms with Gasteiger partial charge in [0.1, 0.15) is 13.7 Å². The minimum atomic E-state index is 0. The summed E-state index contributed by atoms with van der Waals surface area (Å²) in [6, 6.07) is 27.3. The van der Waals surface area contributed by atoms with Gasteiger partial charge in [-0.3, -0.25) is 19.6 Å². The van der Waals surface area contributed by atoms with Gasteiger partial charge in [-0.2, -0.15) is 69.8 Å². The van der Waals surface area contributed by atoms with Crippen LogP contribution in [0.2, 0.25) is 10.0 Å². The fourth-order valence-corrected chi connectivity index (χ4v) is 13.8. The van der Waals surface area contributed by atoms with E-state index in [1.165, 1.54) is 139 Å². The van der Waals surface area contributed by atoms with Gasteiger partial charge >= 0.3 is 56.6 Å². The number of rotatable bonds is 7. The molecular formula is C70H98Cl2I2Li3N9O3. The van der Waals surface area contributed by atoms with Crippen molar-refractivity contribution < 1.29 is 70.8 Å². The molecule has 0 radical (unpaired) electrons. The van der Waals surface area contributed by atoms with Gasteiger partial charge in [-0.25, -0.2) is 19.9 Å². The first kappa shape index (κ1) is 83.2. The van der Waals surface area contributed by atoms with Gasteiger partial charge in [0, 0.05) is 64.2 Å². The molecule has 5 aliphatic heterocycles. The Labute approximate surface area is 610 Å². The van der Waals surface area contributed by atoms with E-state index in [-0.39, 0.29) is 67.7 Å². The van der Waals surface area contributed by atoms with Gasteiger partial charge < -0.3 is 19.5 Å². The van der Waals surface area contributed by atoms with E-state index in [2.05, 4.69) is 237 Å². The number of ether oxygens (including phenoxy) is 3. The maximum absolute atomic E-state index is 6.21. The number of methoxy groups -OCH3 is 3. The number of hydrogen-bond acceptors (Lipinski definition) is 11. The van der Waals surface area contributed by atoms with Crippen LogP contribution in [0.1, 0.15) is 178 Å². The summed E-state index contributed by atoms with van der Waals surface area (Å²) in [5.41, 5.74) is 13.1. The monoisotopic (exact) mass is 1460 g/mol. The van der Waals surface area contributed by atoms with Crippen molar-refractivity contribution in [2.75, 3.05) is 75.7 Å². The molecule has 5 aliphatic rings. The standard InChI is InChI=1S/C11H14ClIN2O.C11H15ClN2O.C11H16N2O.C10H13IN2.C9H18N.2C9H11.3Li/c1-15-5-3-4-8(15)7-6-14-11(16-2)9(12)10(7)13;1-14-5-3-4-10(14)8-6-9(12)11(15-2)13-7-8;1-13-7-3-4-10(13)9-5-6-11(14-2)12-8-9;1-13-6-2-3-9(13)8-4-5-10(11)12-7-8;1-8(2)6-5-7-9(3,4)10-8;2*1-7-4-8(2)6-9(3)5-7;;;/h6,8H,3-5H2,1-2H3;6-7,10H,3-5H2,1-2H3;5-6,8,10H,3-4,7H2,1-2H3;4-5,7,9H,2-3,6H2,1H3;5-7H2,1-4H3;2*4-5H,1-3H3;;;/q;;;;3*-1;3*+1/t8-;2*10-;9-;;;;;;/m0000....../s1. The molecule has 0 unspecified atom stereocenters. The SMILES string of the molecule is CC1(C)CCCC(C)(C)[N-]1.CN1CCC[C@H]1c1ccc(I)nc1.COc1ccc([C@@H]2CCCN2C)cn1.COc1ncc([C@@H]2CCCN2C)c(I)c1Cl.COc1ncc([C@@H]2CCCN2C)cc1Cl.Cc1[c-]c(C)cc(C)c1.Cc1[c-]c(C)cc(C)c1.[Li+].[Li+].[Li+]. The van der Waals surface area contributed by atoms with Gasteiger partial charge in [0.15, 0.2) is 0 Å². The van der Waals surface area contributed by atoms with E-state index >= 15 is 0 Å². The Morgan fingerprint density at radius 2 is 0.888 bits per heavy atom. The van der Waals surface area contributed by atoms with Crippen LogP contribution in [0.4, 0.5) is 0 Å². The number of nitrogens with zero attached hydrogens (tertiary/aromatic N) is 9. The van der Waals surface area contributed by atoms with E-state index < -0.39 is 0 Å². The van der Waals surface area contributed by atoms with Crippen molar-refractivity contribution in [1.82, 2.24) is 39.5 Å². The number of pyridine rings is 4. The van der Waals surface area contributed by atoms with Crippen molar-refractivity contribution in [1.29, 1.82) is 0 Å². The second kappa shape index (κ2) is 41.1. The van der Waals surface area contributed by atoms with Crippen LogP contribution in [0.5, 0.6) is 17.6 Å². The molecule has 19 heteroatoms. The van der Waals surface area contributed by atoms with Crippen molar-refractivity contribution in [3.05, 3.63) is 170 Å². The molecule has 5 saturated heterocycles. The molecule has 0 bridgehead atoms. The molecule has 9 heterocycles. The van der Waals surface area contributed by atoms with Crippen molar-refractivity contribution >= 4 is 68.4 Å². The minimum absolute atomic E-state index is 0. The summed E-state index contributed by atoms with van der Waals surface area (Å²) in [6.45, 7) is 26.1. The van der Waals surface area contributed by atoms with Gasteiger partial charge in [0.25, 0.3) is 0 Å². The zero-order valence-electron chi connectivity index (χ0n) is 57.7. The minimum Gasteiger partial charge on any atom is -0.652 e. The predicted molar refractivity (Wildman–Crippen MR) is 375 cm³/mol. The third-order valence-corrected chi connectivity index (χ3v) is 19.0. The quantitative estimate of drug-likeness (QED) is 0.0663. The van der Waals surface area contributed by atoms with Crippen molar-refractivity contribution in [3.63, 3.8) is 0 Å². The first-order valence-electron chi connectivity index (χ1n) is 30.4. The molecule has 5 fully saturated rings. The summed E-state index contributed by atoms with van der Waals surface area (Å²) in [5, 5.41) is 5.97. The smallest absolute Gasteiger partial charge is 0.652 e. The van der Waals surface area contributed by atoms with Crippen LogP contribution in [0.25, 0.3) is 5.32 Å². The zero-order valence-corrected chi connectivity index (χ0v) is 63.5. The molecule has 472 valence electrons. The number of hydrogen-bond donors (Lipinski definition) is 0. The van der Waals surface area contributed by atoms with Crippen LogP contribution < -0.4 is 70.8 Å². The number of aryl methyl sites for hydroxylation is 6. The first-order valence-corrected chi connectivity index (χ1v) is 33.3. The molecule has 0 N–H and O–H groups in total. The van der Waals surface area contributed by atoms with Crippen LogP contribution in [0.3, 0.4) is 0 Å². The van der Waals surface area contributed by atoms with Crippen molar-refractivity contribution in [2.24, 2.45) is 0 Å². The number of piperidine rings is 1. The topological polar surface area (TPSA) is 106 Å². The Morgan fingerprint density at radius 1 is 0.494 bits per heavy atom. The van der Waals surface area contributed by atoms with Crippen LogP contribution in [0.15, 0.2) is 79.4 Å². The summed E-state index contributed by atoms with van der Waals surface area (Å²) >= 11 is 16.8. The van der Waals surface area contributed by atoms with Gasteiger partial charge in [-0.05, 0) is 180 Å². The van der Waals surface area contributed by atoms with Crippen LogP contribution in [0, 0.1) is 60.9 Å². The molecule has 4 atom stereocenters. The van der Waals surface area contributed by atoms with Crippen molar-refractivity contribution in [3.8, 4) is 17.6 Å². The Balaban J connectivity index is 0.000000355. The molecular weight excluding hydrogens is 1360 g/mol. The maximum Gasteiger partial charge on any atom is 1.00 e. The van der Waals surface area contributed by atoms with Crippen LogP contribution in [-0.4, -0.2) is 126 Å². The molecule has 12 nitrogen and oxygen atoms in total. The molecule has 11 rings (SSSR count). The number of aromatic nitrogens is 4. The molecule has 2 aromatic carbocycles. The number of likely N-dealkylation sites (tertiary alicyclic amines) is 4. The molecule has 6 aromatic rings. The molecule has 0 aliphatic carbocycles. The van der Waals surface area contributed by atoms with E-state index in [4.69, 9.17) is 42.7 Å². The molecule has 0 amide bonds. The average Bonchev–Trinajstić information content (AvgIpc) is 2.14. The Bertz CT molecular complexity index is 2860. The van der Waals surface area contributed by atoms with Crippen LogP contribution in [-0.2, 0) is 0 Å². The van der Waals surface area contributed by atoms with Crippen molar-refractivity contribution in [2.45, 2.75) is 175 Å². The Morgan fingerprint density at radius 3 is 1.21 bits per heavy atom.